The van der Waals surface area contributed by atoms with Gasteiger partial charge in [0.25, 0.3) is 0 Å². The summed E-state index contributed by atoms with van der Waals surface area (Å²) in [5, 5.41) is 26.3. The third-order valence-electron chi connectivity index (χ3n) is 4.90. The first-order valence-corrected chi connectivity index (χ1v) is 11.9. The molecule has 3 amide bonds. The molecule has 180 valence electrons. The van der Waals surface area contributed by atoms with Crippen molar-refractivity contribution < 1.29 is 29.4 Å². The SMILES string of the molecule is CCC(C)C(NC(=O)C(CO)NC(=O)C(CC(C)C)NC(=O)C(N)CCSC)C(=O)O. The molecule has 7 N–H and O–H groups in total. The van der Waals surface area contributed by atoms with E-state index in [-0.39, 0.29) is 11.8 Å². The zero-order chi connectivity index (χ0) is 24.1. The van der Waals surface area contributed by atoms with Crippen molar-refractivity contribution in [1.29, 1.82) is 0 Å². The first kappa shape index (κ1) is 29.1. The molecule has 0 saturated heterocycles. The first-order valence-electron chi connectivity index (χ1n) is 10.5. The van der Waals surface area contributed by atoms with Crippen molar-refractivity contribution in [2.75, 3.05) is 18.6 Å². The van der Waals surface area contributed by atoms with Gasteiger partial charge in [0.1, 0.15) is 18.1 Å². The minimum Gasteiger partial charge on any atom is -0.480 e. The fourth-order valence-electron chi connectivity index (χ4n) is 2.76. The molecule has 0 fully saturated rings. The molecule has 0 aliphatic carbocycles. The van der Waals surface area contributed by atoms with Crippen molar-refractivity contribution in [1.82, 2.24) is 16.0 Å². The minimum absolute atomic E-state index is 0.0571. The number of nitrogens with two attached hydrogens (primary N) is 1. The van der Waals surface area contributed by atoms with E-state index in [9.17, 15) is 29.4 Å². The van der Waals surface area contributed by atoms with E-state index < -0.39 is 54.5 Å². The summed E-state index contributed by atoms with van der Waals surface area (Å²) in [4.78, 5) is 49.0. The number of rotatable bonds is 15. The van der Waals surface area contributed by atoms with Crippen LogP contribution in [0, 0.1) is 11.8 Å². The van der Waals surface area contributed by atoms with Gasteiger partial charge in [-0.2, -0.15) is 11.8 Å². The quantitative estimate of drug-likeness (QED) is 0.192. The second-order valence-corrected chi connectivity index (χ2v) is 9.02. The highest BCUT2D eigenvalue weighted by molar-refractivity contribution is 7.98. The van der Waals surface area contributed by atoms with Gasteiger partial charge in [-0.3, -0.25) is 14.4 Å². The second-order valence-electron chi connectivity index (χ2n) is 8.03. The first-order chi connectivity index (χ1) is 14.5. The molecule has 0 heterocycles. The van der Waals surface area contributed by atoms with E-state index in [1.54, 1.807) is 25.6 Å². The summed E-state index contributed by atoms with van der Waals surface area (Å²) < 4.78 is 0. The van der Waals surface area contributed by atoms with Crippen LogP contribution in [0.5, 0.6) is 0 Å². The van der Waals surface area contributed by atoms with Crippen LogP contribution in [-0.4, -0.2) is 76.7 Å². The molecule has 0 bridgehead atoms. The van der Waals surface area contributed by atoms with Crippen molar-refractivity contribution in [2.45, 2.75) is 71.1 Å². The molecule has 11 heteroatoms. The number of aliphatic hydroxyl groups is 1. The number of carbonyl (C=O) groups excluding carboxylic acids is 3. The van der Waals surface area contributed by atoms with Crippen molar-refractivity contribution in [3.8, 4) is 0 Å². The predicted molar refractivity (Wildman–Crippen MR) is 120 cm³/mol. The molecule has 0 rings (SSSR count). The zero-order valence-electron chi connectivity index (χ0n) is 19.0. The summed E-state index contributed by atoms with van der Waals surface area (Å²) >= 11 is 1.55. The summed E-state index contributed by atoms with van der Waals surface area (Å²) in [5.74, 6) is -2.71. The summed E-state index contributed by atoms with van der Waals surface area (Å²) in [7, 11) is 0. The van der Waals surface area contributed by atoms with Crippen molar-refractivity contribution >= 4 is 35.5 Å². The highest BCUT2D eigenvalue weighted by atomic mass is 32.2. The lowest BCUT2D eigenvalue weighted by molar-refractivity contribution is -0.144. The number of aliphatic hydroxyl groups excluding tert-OH is 1. The Morgan fingerprint density at radius 2 is 1.52 bits per heavy atom. The Morgan fingerprint density at radius 1 is 0.968 bits per heavy atom. The number of hydrogen-bond donors (Lipinski definition) is 6. The lowest BCUT2D eigenvalue weighted by atomic mass is 9.99. The maximum absolute atomic E-state index is 12.8. The molecule has 0 aromatic heterocycles. The molecule has 5 unspecified atom stereocenters. The highest BCUT2D eigenvalue weighted by Crippen LogP contribution is 2.09. The van der Waals surface area contributed by atoms with E-state index >= 15 is 0 Å². The van der Waals surface area contributed by atoms with E-state index in [4.69, 9.17) is 5.73 Å². The summed E-state index contributed by atoms with van der Waals surface area (Å²) in [5.41, 5.74) is 5.87. The Morgan fingerprint density at radius 3 is 1.97 bits per heavy atom. The third kappa shape index (κ3) is 10.8. The number of hydrogen-bond acceptors (Lipinski definition) is 7. The Labute approximate surface area is 188 Å². The van der Waals surface area contributed by atoms with Gasteiger partial charge >= 0.3 is 5.97 Å². The van der Waals surface area contributed by atoms with Crippen LogP contribution in [0.25, 0.3) is 0 Å². The van der Waals surface area contributed by atoms with Crippen LogP contribution in [0.2, 0.25) is 0 Å². The normalized spacial score (nSPS) is 16.0. The summed E-state index contributed by atoms with van der Waals surface area (Å²) in [6.45, 7) is 6.50. The minimum atomic E-state index is -1.35. The van der Waals surface area contributed by atoms with Gasteiger partial charge in [0.2, 0.25) is 17.7 Å². The fraction of sp³-hybridized carbons (Fsp3) is 0.800. The molecule has 31 heavy (non-hydrogen) atoms. The number of nitrogens with one attached hydrogen (secondary N) is 3. The summed E-state index contributed by atoms with van der Waals surface area (Å²) in [6.07, 6.45) is 3.18. The van der Waals surface area contributed by atoms with Crippen LogP contribution >= 0.6 is 11.8 Å². The largest absolute Gasteiger partial charge is 0.480 e. The lowest BCUT2D eigenvalue weighted by Gasteiger charge is -2.26. The van der Waals surface area contributed by atoms with Gasteiger partial charge in [-0.05, 0) is 36.7 Å². The van der Waals surface area contributed by atoms with Crippen molar-refractivity contribution in [3.63, 3.8) is 0 Å². The predicted octanol–water partition coefficient (Wildman–Crippen LogP) is -0.310. The van der Waals surface area contributed by atoms with Gasteiger partial charge in [0.05, 0.1) is 12.6 Å². The average Bonchev–Trinajstić information content (AvgIpc) is 2.71. The number of carboxylic acids is 1. The van der Waals surface area contributed by atoms with Crippen LogP contribution < -0.4 is 21.7 Å². The van der Waals surface area contributed by atoms with Crippen LogP contribution in [0.3, 0.4) is 0 Å². The smallest absolute Gasteiger partial charge is 0.326 e. The van der Waals surface area contributed by atoms with E-state index in [1.165, 1.54) is 0 Å². The van der Waals surface area contributed by atoms with Gasteiger partial charge in [0.15, 0.2) is 0 Å². The summed E-state index contributed by atoms with van der Waals surface area (Å²) in [6, 6.07) is -4.21. The Kier molecular flexibility index (Phi) is 14.1. The second kappa shape index (κ2) is 15.0. The number of thioether (sulfide) groups is 1. The topological polar surface area (TPSA) is 171 Å². The molecular weight excluding hydrogens is 424 g/mol. The molecule has 0 aromatic carbocycles. The van der Waals surface area contributed by atoms with Gasteiger partial charge in [-0.25, -0.2) is 4.79 Å². The van der Waals surface area contributed by atoms with E-state index in [0.29, 0.717) is 25.0 Å². The Balaban J connectivity index is 5.23. The molecule has 0 spiro atoms. The molecule has 0 aromatic rings. The van der Waals surface area contributed by atoms with Crippen molar-refractivity contribution in [3.05, 3.63) is 0 Å². The van der Waals surface area contributed by atoms with E-state index in [1.807, 2.05) is 20.1 Å². The maximum atomic E-state index is 12.8. The monoisotopic (exact) mass is 462 g/mol. The number of amides is 3. The van der Waals surface area contributed by atoms with Gasteiger partial charge in [-0.15, -0.1) is 0 Å². The lowest BCUT2D eigenvalue weighted by Crippen LogP contribution is -2.58. The highest BCUT2D eigenvalue weighted by Gasteiger charge is 2.31. The van der Waals surface area contributed by atoms with Crippen molar-refractivity contribution in [2.24, 2.45) is 17.6 Å². The fourth-order valence-corrected chi connectivity index (χ4v) is 3.25. The zero-order valence-corrected chi connectivity index (χ0v) is 19.8. The van der Waals surface area contributed by atoms with E-state index in [2.05, 4.69) is 16.0 Å². The third-order valence-corrected chi connectivity index (χ3v) is 5.55. The Hall–Kier alpha value is -1.85. The molecule has 0 aliphatic heterocycles. The molecule has 0 radical (unpaired) electrons. The van der Waals surface area contributed by atoms with Gasteiger partial charge in [-0.1, -0.05) is 34.1 Å². The number of carbonyl (C=O) groups is 4. The molecule has 5 atom stereocenters. The van der Waals surface area contributed by atoms with Crippen LogP contribution in [-0.2, 0) is 19.2 Å². The number of carboxylic acid groups (broad SMARTS) is 1. The van der Waals surface area contributed by atoms with Gasteiger partial charge < -0.3 is 31.9 Å². The van der Waals surface area contributed by atoms with Gasteiger partial charge in [0, 0.05) is 0 Å². The molecule has 10 nitrogen and oxygen atoms in total. The van der Waals surface area contributed by atoms with Crippen LogP contribution in [0.15, 0.2) is 0 Å². The molecule has 0 aliphatic rings. The maximum Gasteiger partial charge on any atom is 0.326 e. The number of aliphatic carboxylic acids is 1. The van der Waals surface area contributed by atoms with Crippen LogP contribution in [0.1, 0.15) is 47.0 Å². The molecule has 0 saturated carbocycles. The van der Waals surface area contributed by atoms with Crippen LogP contribution in [0.4, 0.5) is 0 Å². The standard InChI is InChI=1S/C20H38N4O6S/c1-6-12(4)16(20(29)30)24-19(28)15(10-25)23-18(27)14(9-11(2)3)22-17(26)13(21)7-8-31-5/h11-16,25H,6-10,21H2,1-5H3,(H,22,26)(H,23,27)(H,24,28)(H,29,30). The Bertz CT molecular complexity index is 604. The van der Waals surface area contributed by atoms with E-state index in [0.717, 1.165) is 0 Å². The molecular formula is C20H38N4O6S. The average molecular weight is 463 g/mol.